The molecule has 0 spiro atoms. The molecule has 0 aliphatic carbocycles. The summed E-state index contributed by atoms with van der Waals surface area (Å²) in [5, 5.41) is 3.58. The van der Waals surface area contributed by atoms with Crippen LogP contribution in [0.15, 0.2) is 18.2 Å². The monoisotopic (exact) mass is 402 g/mol. The van der Waals surface area contributed by atoms with Crippen molar-refractivity contribution >= 4 is 49.9 Å². The van der Waals surface area contributed by atoms with Crippen molar-refractivity contribution in [3.05, 3.63) is 26.8 Å². The Morgan fingerprint density at radius 1 is 1.33 bits per heavy atom. The molecule has 1 aromatic rings. The number of anilines is 1. The average Bonchev–Trinajstić information content (AvgIpc) is 2.28. The van der Waals surface area contributed by atoms with E-state index in [-0.39, 0.29) is 5.75 Å². The van der Waals surface area contributed by atoms with Crippen LogP contribution >= 0.6 is 34.2 Å². The molecular weight excluding hydrogens is 387 g/mol. The van der Waals surface area contributed by atoms with E-state index < -0.39 is 10.0 Å². The number of benzene rings is 1. The van der Waals surface area contributed by atoms with E-state index in [9.17, 15) is 8.42 Å². The highest BCUT2D eigenvalue weighted by molar-refractivity contribution is 14.1. The van der Waals surface area contributed by atoms with E-state index in [1.165, 1.54) is 0 Å². The Bertz CT molecular complexity index is 494. The van der Waals surface area contributed by atoms with Crippen LogP contribution in [0, 0.1) is 3.57 Å². The largest absolute Gasteiger partial charge is 0.320 e. The SMILES string of the molecule is CNCCCCS(=O)(=O)Nc1ccc(Cl)cc1I. The molecule has 0 saturated heterocycles. The maximum absolute atomic E-state index is 11.8. The van der Waals surface area contributed by atoms with Crippen molar-refractivity contribution in [1.29, 1.82) is 0 Å². The highest BCUT2D eigenvalue weighted by Crippen LogP contribution is 2.23. The molecule has 0 aliphatic rings. The first-order chi connectivity index (χ1) is 8.44. The number of sulfonamides is 1. The van der Waals surface area contributed by atoms with Crippen molar-refractivity contribution in [2.24, 2.45) is 0 Å². The molecule has 0 bridgehead atoms. The van der Waals surface area contributed by atoms with E-state index in [0.29, 0.717) is 17.1 Å². The fourth-order valence-corrected chi connectivity index (χ4v) is 3.77. The fraction of sp³-hybridized carbons (Fsp3) is 0.455. The summed E-state index contributed by atoms with van der Waals surface area (Å²) < 4.78 is 27.0. The number of unbranched alkanes of at least 4 members (excludes halogenated alkanes) is 1. The third-order valence-electron chi connectivity index (χ3n) is 2.29. The number of hydrogen-bond donors (Lipinski definition) is 2. The number of rotatable bonds is 7. The van der Waals surface area contributed by atoms with Crippen LogP contribution in [0.25, 0.3) is 0 Å². The van der Waals surface area contributed by atoms with Gasteiger partial charge in [-0.1, -0.05) is 11.6 Å². The van der Waals surface area contributed by atoms with Crippen LogP contribution < -0.4 is 10.0 Å². The summed E-state index contributed by atoms with van der Waals surface area (Å²) in [5.74, 6) is 0.132. The minimum absolute atomic E-state index is 0.132. The minimum atomic E-state index is -3.28. The zero-order valence-electron chi connectivity index (χ0n) is 10.0. The van der Waals surface area contributed by atoms with Crippen LogP contribution in [0.1, 0.15) is 12.8 Å². The van der Waals surface area contributed by atoms with Crippen LogP contribution in [0.2, 0.25) is 5.02 Å². The molecule has 1 rings (SSSR count). The first-order valence-electron chi connectivity index (χ1n) is 5.55. The second kappa shape index (κ2) is 7.52. The highest BCUT2D eigenvalue weighted by Gasteiger charge is 2.11. The molecule has 0 heterocycles. The Kier molecular flexibility index (Phi) is 6.68. The maximum atomic E-state index is 11.8. The molecule has 0 atom stereocenters. The molecule has 0 saturated carbocycles. The average molecular weight is 403 g/mol. The molecule has 102 valence electrons. The standard InChI is InChI=1S/C11H16ClIN2O2S/c1-14-6-2-3-7-18(16,17)15-11-5-4-9(12)8-10(11)13/h4-5,8,14-15H,2-3,6-7H2,1H3. The second-order valence-corrected chi connectivity index (χ2v) is 7.30. The molecular formula is C11H16ClIN2O2S. The van der Waals surface area contributed by atoms with Gasteiger partial charge in [0.2, 0.25) is 10.0 Å². The van der Waals surface area contributed by atoms with E-state index in [0.717, 1.165) is 16.5 Å². The lowest BCUT2D eigenvalue weighted by Gasteiger charge is -2.09. The van der Waals surface area contributed by atoms with Gasteiger partial charge in [-0.05, 0) is 67.2 Å². The summed E-state index contributed by atoms with van der Waals surface area (Å²) in [7, 11) is -1.43. The first-order valence-corrected chi connectivity index (χ1v) is 8.65. The van der Waals surface area contributed by atoms with Gasteiger partial charge >= 0.3 is 0 Å². The highest BCUT2D eigenvalue weighted by atomic mass is 127. The van der Waals surface area contributed by atoms with Gasteiger partial charge in [0.05, 0.1) is 11.4 Å². The van der Waals surface area contributed by atoms with Crippen molar-refractivity contribution in [2.75, 3.05) is 24.1 Å². The molecule has 0 fully saturated rings. The van der Waals surface area contributed by atoms with Crippen molar-refractivity contribution in [3.8, 4) is 0 Å². The summed E-state index contributed by atoms with van der Waals surface area (Å²) in [5.41, 5.74) is 0.577. The molecule has 0 radical (unpaired) electrons. The third kappa shape index (κ3) is 5.73. The summed E-state index contributed by atoms with van der Waals surface area (Å²) in [4.78, 5) is 0. The molecule has 4 nitrogen and oxygen atoms in total. The Morgan fingerprint density at radius 3 is 2.67 bits per heavy atom. The van der Waals surface area contributed by atoms with Gasteiger partial charge in [0.1, 0.15) is 0 Å². The molecule has 0 aliphatic heterocycles. The van der Waals surface area contributed by atoms with Crippen molar-refractivity contribution in [3.63, 3.8) is 0 Å². The smallest absolute Gasteiger partial charge is 0.232 e. The van der Waals surface area contributed by atoms with Gasteiger partial charge in [0, 0.05) is 8.59 Å². The maximum Gasteiger partial charge on any atom is 0.232 e. The van der Waals surface area contributed by atoms with Crippen LogP contribution in [0.4, 0.5) is 5.69 Å². The van der Waals surface area contributed by atoms with E-state index in [1.54, 1.807) is 18.2 Å². The molecule has 7 heteroatoms. The lowest BCUT2D eigenvalue weighted by molar-refractivity contribution is 0.595. The summed E-state index contributed by atoms with van der Waals surface area (Å²) in [6.07, 6.45) is 1.48. The van der Waals surface area contributed by atoms with Gasteiger partial charge < -0.3 is 5.32 Å². The lowest BCUT2D eigenvalue weighted by atomic mass is 10.3. The topological polar surface area (TPSA) is 58.2 Å². The zero-order chi connectivity index (χ0) is 13.6. The van der Waals surface area contributed by atoms with E-state index >= 15 is 0 Å². The molecule has 18 heavy (non-hydrogen) atoms. The van der Waals surface area contributed by atoms with E-state index in [2.05, 4.69) is 32.6 Å². The van der Waals surface area contributed by atoms with Crippen molar-refractivity contribution in [2.45, 2.75) is 12.8 Å². The summed E-state index contributed by atoms with van der Waals surface area (Å²) in [6.45, 7) is 0.827. The van der Waals surface area contributed by atoms with E-state index in [4.69, 9.17) is 11.6 Å². The van der Waals surface area contributed by atoms with Crippen molar-refractivity contribution < 1.29 is 8.42 Å². The van der Waals surface area contributed by atoms with Gasteiger partial charge in [-0.25, -0.2) is 8.42 Å². The third-order valence-corrected chi connectivity index (χ3v) is 4.77. The van der Waals surface area contributed by atoms with Gasteiger partial charge in [0.25, 0.3) is 0 Å². The van der Waals surface area contributed by atoms with Crippen LogP contribution in [-0.4, -0.2) is 27.8 Å². The molecule has 0 aromatic heterocycles. The van der Waals surface area contributed by atoms with Gasteiger partial charge in [0.15, 0.2) is 0 Å². The number of nitrogens with one attached hydrogen (secondary N) is 2. The summed E-state index contributed by atoms with van der Waals surface area (Å²) >= 11 is 7.87. The second-order valence-electron chi connectivity index (χ2n) is 3.86. The first kappa shape index (κ1) is 16.0. The van der Waals surface area contributed by atoms with Crippen molar-refractivity contribution in [1.82, 2.24) is 5.32 Å². The summed E-state index contributed by atoms with van der Waals surface area (Å²) in [6, 6.07) is 5.07. The van der Waals surface area contributed by atoms with E-state index in [1.807, 2.05) is 7.05 Å². The van der Waals surface area contributed by atoms with Crippen LogP contribution in [0.3, 0.4) is 0 Å². The molecule has 1 aromatic carbocycles. The van der Waals surface area contributed by atoms with Gasteiger partial charge in [-0.15, -0.1) is 0 Å². The Hall–Kier alpha value is -0.0500. The predicted molar refractivity (Wildman–Crippen MR) is 84.7 cm³/mol. The Morgan fingerprint density at radius 2 is 2.06 bits per heavy atom. The fourth-order valence-electron chi connectivity index (χ4n) is 1.38. The van der Waals surface area contributed by atoms with Gasteiger partial charge in [-0.3, -0.25) is 4.72 Å². The predicted octanol–water partition coefficient (Wildman–Crippen LogP) is 2.69. The van der Waals surface area contributed by atoms with Crippen LogP contribution in [-0.2, 0) is 10.0 Å². The van der Waals surface area contributed by atoms with Crippen LogP contribution in [0.5, 0.6) is 0 Å². The minimum Gasteiger partial charge on any atom is -0.320 e. The zero-order valence-corrected chi connectivity index (χ0v) is 13.8. The Labute approximate surface area is 127 Å². The van der Waals surface area contributed by atoms with Gasteiger partial charge in [-0.2, -0.15) is 0 Å². The quantitative estimate of drug-likeness (QED) is 0.544. The Balaban J connectivity index is 2.59. The number of hydrogen-bond acceptors (Lipinski definition) is 3. The number of halogens is 2. The molecule has 0 unspecified atom stereocenters. The lowest BCUT2D eigenvalue weighted by Crippen LogP contribution is -2.18. The normalized spacial score (nSPS) is 11.5. The molecule has 0 amide bonds. The molecule has 2 N–H and O–H groups in total.